The first-order chi connectivity index (χ1) is 12.3. The molecule has 0 spiro atoms. The van der Waals surface area contributed by atoms with E-state index in [-0.39, 0.29) is 0 Å². The Labute approximate surface area is 156 Å². The van der Waals surface area contributed by atoms with Gasteiger partial charge in [-0.25, -0.2) is 4.98 Å². The van der Waals surface area contributed by atoms with Gasteiger partial charge < -0.3 is 0 Å². The Kier molecular flexibility index (Phi) is 2.76. The molecule has 1 nitrogen and oxygen atoms in total. The van der Waals surface area contributed by atoms with Gasteiger partial charge in [0.25, 0.3) is 0 Å². The van der Waals surface area contributed by atoms with Crippen molar-refractivity contribution < 1.29 is 0 Å². The van der Waals surface area contributed by atoms with Gasteiger partial charge in [0.2, 0.25) is 0 Å². The van der Waals surface area contributed by atoms with Crippen LogP contribution in [-0.2, 0) is 0 Å². The molecule has 0 aliphatic heterocycles. The zero-order chi connectivity index (χ0) is 16.5. The minimum absolute atomic E-state index is 0.607. The Bertz CT molecular complexity index is 1460. The minimum atomic E-state index is 0.607. The first kappa shape index (κ1) is 14.0. The SMILES string of the molecule is Clc1nc2cc3ccc4ccccc4c3cc2c2c1sc1sccc12. The van der Waals surface area contributed by atoms with E-state index in [9.17, 15) is 0 Å². The van der Waals surface area contributed by atoms with Crippen molar-refractivity contribution in [2.45, 2.75) is 0 Å². The molecule has 3 aromatic heterocycles. The summed E-state index contributed by atoms with van der Waals surface area (Å²) in [6, 6.07) is 19.5. The third kappa shape index (κ3) is 1.86. The highest BCUT2D eigenvalue weighted by atomic mass is 35.5. The van der Waals surface area contributed by atoms with Gasteiger partial charge in [0.1, 0.15) is 5.15 Å². The maximum atomic E-state index is 6.51. The molecule has 0 fully saturated rings. The Balaban J connectivity index is 1.92. The topological polar surface area (TPSA) is 12.9 Å². The highest BCUT2D eigenvalue weighted by Gasteiger charge is 2.15. The van der Waals surface area contributed by atoms with Crippen LogP contribution in [0.1, 0.15) is 0 Å². The van der Waals surface area contributed by atoms with E-state index < -0.39 is 0 Å². The van der Waals surface area contributed by atoms with Crippen LogP contribution in [0.15, 0.2) is 60.0 Å². The fourth-order valence-corrected chi connectivity index (χ4v) is 6.18. The van der Waals surface area contributed by atoms with Gasteiger partial charge in [-0.2, -0.15) is 0 Å². The molecule has 3 aromatic carbocycles. The zero-order valence-electron chi connectivity index (χ0n) is 12.9. The molecule has 0 atom stereocenters. The summed E-state index contributed by atoms with van der Waals surface area (Å²) in [4.78, 5) is 4.69. The van der Waals surface area contributed by atoms with Crippen molar-refractivity contribution in [1.82, 2.24) is 4.98 Å². The summed E-state index contributed by atoms with van der Waals surface area (Å²) < 4.78 is 2.40. The molecule has 6 rings (SSSR count). The summed E-state index contributed by atoms with van der Waals surface area (Å²) in [6.45, 7) is 0. The van der Waals surface area contributed by atoms with Crippen LogP contribution in [0.3, 0.4) is 0 Å². The van der Waals surface area contributed by atoms with E-state index in [2.05, 4.69) is 65.0 Å². The van der Waals surface area contributed by atoms with Crippen LogP contribution < -0.4 is 0 Å². The van der Waals surface area contributed by atoms with Gasteiger partial charge >= 0.3 is 0 Å². The summed E-state index contributed by atoms with van der Waals surface area (Å²) in [5.74, 6) is 0. The van der Waals surface area contributed by atoms with Crippen LogP contribution in [0.4, 0.5) is 0 Å². The van der Waals surface area contributed by atoms with Crippen molar-refractivity contribution in [3.63, 3.8) is 0 Å². The lowest BCUT2D eigenvalue weighted by atomic mass is 9.98. The van der Waals surface area contributed by atoms with E-state index in [4.69, 9.17) is 11.6 Å². The predicted octanol–water partition coefficient (Wildman–Crippen LogP) is 7.62. The predicted molar refractivity (Wildman–Crippen MR) is 113 cm³/mol. The smallest absolute Gasteiger partial charge is 0.147 e. The van der Waals surface area contributed by atoms with Crippen LogP contribution in [0.5, 0.6) is 0 Å². The maximum Gasteiger partial charge on any atom is 0.147 e. The van der Waals surface area contributed by atoms with E-state index in [0.717, 1.165) is 10.2 Å². The largest absolute Gasteiger partial charge is 0.235 e. The van der Waals surface area contributed by atoms with E-state index in [1.54, 1.807) is 22.7 Å². The Hall–Kier alpha value is -2.20. The summed E-state index contributed by atoms with van der Waals surface area (Å²) in [5.41, 5.74) is 0.964. The molecule has 6 aromatic rings. The molecule has 0 N–H and O–H groups in total. The molecule has 0 radical (unpaired) electrons. The van der Waals surface area contributed by atoms with Gasteiger partial charge in [-0.1, -0.05) is 48.0 Å². The molecular formula is C21H10ClNS2. The summed E-state index contributed by atoms with van der Waals surface area (Å²) in [6.07, 6.45) is 0. The number of rotatable bonds is 0. The van der Waals surface area contributed by atoms with Gasteiger partial charge in [-0.3, -0.25) is 0 Å². The number of nitrogens with zero attached hydrogens (tertiary/aromatic N) is 1. The normalized spacial score (nSPS) is 12.2. The first-order valence-corrected chi connectivity index (χ1v) is 10.1. The Morgan fingerprint density at radius 3 is 2.64 bits per heavy atom. The number of fused-ring (bicyclic) bond motifs is 8. The van der Waals surface area contributed by atoms with Gasteiger partial charge in [0, 0.05) is 16.2 Å². The molecule has 0 bridgehead atoms. The molecule has 4 heteroatoms. The number of pyridine rings is 1. The lowest BCUT2D eigenvalue weighted by Crippen LogP contribution is -1.84. The highest BCUT2D eigenvalue weighted by molar-refractivity contribution is 7.41. The van der Waals surface area contributed by atoms with Crippen LogP contribution >= 0.6 is 34.3 Å². The van der Waals surface area contributed by atoms with Gasteiger partial charge in [0.15, 0.2) is 0 Å². The van der Waals surface area contributed by atoms with Crippen LogP contribution in [0, 0.1) is 0 Å². The molecule has 25 heavy (non-hydrogen) atoms. The molecule has 0 unspecified atom stereocenters. The third-order valence-corrected chi connectivity index (χ3v) is 7.49. The van der Waals surface area contributed by atoms with Crippen molar-refractivity contribution in [2.24, 2.45) is 0 Å². The number of hydrogen-bond donors (Lipinski definition) is 0. The number of hydrogen-bond acceptors (Lipinski definition) is 3. The zero-order valence-corrected chi connectivity index (χ0v) is 15.3. The van der Waals surface area contributed by atoms with Gasteiger partial charge in [-0.05, 0) is 45.1 Å². The summed E-state index contributed by atoms with van der Waals surface area (Å²) in [5, 5.41) is 11.5. The minimum Gasteiger partial charge on any atom is -0.235 e. The number of thiophene rings is 2. The third-order valence-electron chi connectivity index (χ3n) is 4.86. The molecule has 0 saturated carbocycles. The number of benzene rings is 3. The van der Waals surface area contributed by atoms with Gasteiger partial charge in [-0.15, -0.1) is 22.7 Å². The van der Waals surface area contributed by atoms with Crippen molar-refractivity contribution in [3.8, 4) is 0 Å². The van der Waals surface area contributed by atoms with Crippen LogP contribution in [-0.4, -0.2) is 4.98 Å². The second-order valence-electron chi connectivity index (χ2n) is 6.21. The molecule has 0 aliphatic rings. The van der Waals surface area contributed by atoms with E-state index >= 15 is 0 Å². The quantitative estimate of drug-likeness (QED) is 0.151. The fourth-order valence-electron chi connectivity index (χ4n) is 3.73. The first-order valence-electron chi connectivity index (χ1n) is 8.00. The lowest BCUT2D eigenvalue weighted by molar-refractivity contribution is 1.46. The van der Waals surface area contributed by atoms with Crippen molar-refractivity contribution in [2.75, 3.05) is 0 Å². The summed E-state index contributed by atoms with van der Waals surface area (Å²) >= 11 is 10.0. The maximum absolute atomic E-state index is 6.51. The van der Waals surface area contributed by atoms with Gasteiger partial charge in [0.05, 0.1) is 14.2 Å². The Morgan fingerprint density at radius 2 is 1.68 bits per heavy atom. The van der Waals surface area contributed by atoms with Crippen molar-refractivity contribution in [3.05, 3.63) is 65.1 Å². The standard InChI is InChI=1S/C21H10ClNS2/c22-20-19-18(14-7-8-24-21(14)25-19)16-10-15-12(9-17(16)23-20)6-5-11-3-1-2-4-13(11)15/h1-10H. The van der Waals surface area contributed by atoms with Crippen LogP contribution in [0.25, 0.3) is 51.9 Å². The van der Waals surface area contributed by atoms with Crippen molar-refractivity contribution in [1.29, 1.82) is 0 Å². The number of aromatic nitrogens is 1. The average molecular weight is 376 g/mol. The van der Waals surface area contributed by atoms with E-state index in [1.807, 2.05) is 0 Å². The molecule has 3 heterocycles. The molecule has 118 valence electrons. The molecule has 0 amide bonds. The fraction of sp³-hybridized carbons (Fsp3) is 0. The monoisotopic (exact) mass is 375 g/mol. The second-order valence-corrected chi connectivity index (χ2v) is 8.76. The molecule has 0 saturated heterocycles. The van der Waals surface area contributed by atoms with Crippen LogP contribution in [0.2, 0.25) is 5.15 Å². The number of halogens is 1. The lowest BCUT2D eigenvalue weighted by Gasteiger charge is -2.08. The average Bonchev–Trinajstić information content (AvgIpc) is 3.22. The molecular weight excluding hydrogens is 366 g/mol. The molecule has 0 aliphatic carbocycles. The van der Waals surface area contributed by atoms with E-state index in [0.29, 0.717) is 5.15 Å². The van der Waals surface area contributed by atoms with E-state index in [1.165, 1.54) is 41.7 Å². The summed E-state index contributed by atoms with van der Waals surface area (Å²) in [7, 11) is 0. The highest BCUT2D eigenvalue weighted by Crippen LogP contribution is 2.44. The Morgan fingerprint density at radius 1 is 0.800 bits per heavy atom. The van der Waals surface area contributed by atoms with Crippen molar-refractivity contribution >= 4 is 86.2 Å². The second kappa shape index (κ2) is 4.92.